The molecular weight excluding hydrogens is 312 g/mol. The molecule has 2 amide bonds. The predicted molar refractivity (Wildman–Crippen MR) is 103 cm³/mol. The van der Waals surface area contributed by atoms with Gasteiger partial charge in [-0.3, -0.25) is 9.59 Å². The van der Waals surface area contributed by atoms with Crippen molar-refractivity contribution < 1.29 is 9.59 Å². The van der Waals surface area contributed by atoms with Crippen molar-refractivity contribution in [3.05, 3.63) is 59.2 Å². The Labute approximate surface area is 149 Å². The first kappa shape index (κ1) is 18.7. The molecule has 0 saturated heterocycles. The van der Waals surface area contributed by atoms with Crippen molar-refractivity contribution in [3.8, 4) is 0 Å². The number of para-hydroxylation sites is 2. The zero-order chi connectivity index (χ0) is 18.6. The van der Waals surface area contributed by atoms with Crippen molar-refractivity contribution in [2.24, 2.45) is 5.41 Å². The highest BCUT2D eigenvalue weighted by molar-refractivity contribution is 6.14. The number of benzene rings is 2. The molecule has 4 nitrogen and oxygen atoms in total. The van der Waals surface area contributed by atoms with E-state index in [2.05, 4.69) is 10.6 Å². The van der Waals surface area contributed by atoms with Crippen molar-refractivity contribution in [3.63, 3.8) is 0 Å². The summed E-state index contributed by atoms with van der Waals surface area (Å²) in [5, 5.41) is 5.81. The molecule has 0 aliphatic heterocycles. The fourth-order valence-corrected chi connectivity index (χ4v) is 2.61. The van der Waals surface area contributed by atoms with E-state index in [1.54, 1.807) is 13.8 Å². The molecule has 0 atom stereocenters. The average Bonchev–Trinajstić information content (AvgIpc) is 2.58. The molecule has 0 aromatic heterocycles. The van der Waals surface area contributed by atoms with Gasteiger partial charge in [0.1, 0.15) is 5.41 Å². The largest absolute Gasteiger partial charge is 0.325 e. The first-order valence-electron chi connectivity index (χ1n) is 8.54. The Morgan fingerprint density at radius 3 is 2.04 bits per heavy atom. The maximum Gasteiger partial charge on any atom is 0.239 e. The zero-order valence-electron chi connectivity index (χ0n) is 15.6. The molecule has 0 unspecified atom stereocenters. The molecule has 0 spiro atoms. The lowest BCUT2D eigenvalue weighted by atomic mass is 9.90. The van der Waals surface area contributed by atoms with Crippen LogP contribution in [0.1, 0.15) is 37.5 Å². The highest BCUT2D eigenvalue weighted by Crippen LogP contribution is 2.26. The SMILES string of the molecule is CCc1ccccc1NC(=O)C(C)(C)C(=O)Nc1c(C)cccc1C. The molecule has 0 saturated carbocycles. The van der Waals surface area contributed by atoms with Crippen LogP contribution in [0.4, 0.5) is 11.4 Å². The summed E-state index contributed by atoms with van der Waals surface area (Å²) in [6, 6.07) is 13.5. The van der Waals surface area contributed by atoms with E-state index < -0.39 is 5.41 Å². The van der Waals surface area contributed by atoms with Crippen LogP contribution >= 0.6 is 0 Å². The molecule has 2 N–H and O–H groups in total. The fourth-order valence-electron chi connectivity index (χ4n) is 2.61. The number of rotatable bonds is 5. The molecule has 2 rings (SSSR count). The van der Waals surface area contributed by atoms with Gasteiger partial charge in [0.05, 0.1) is 0 Å². The van der Waals surface area contributed by atoms with Gasteiger partial charge in [-0.05, 0) is 56.9 Å². The minimum Gasteiger partial charge on any atom is -0.325 e. The summed E-state index contributed by atoms with van der Waals surface area (Å²) in [7, 11) is 0. The normalized spacial score (nSPS) is 11.1. The average molecular weight is 338 g/mol. The van der Waals surface area contributed by atoms with Crippen LogP contribution in [0.3, 0.4) is 0 Å². The minimum atomic E-state index is -1.20. The fraction of sp³-hybridized carbons (Fsp3) is 0.333. The molecule has 0 heterocycles. The molecule has 0 bridgehead atoms. The summed E-state index contributed by atoms with van der Waals surface area (Å²) in [4.78, 5) is 25.5. The third-order valence-corrected chi connectivity index (χ3v) is 4.50. The Morgan fingerprint density at radius 1 is 0.880 bits per heavy atom. The number of hydrogen-bond acceptors (Lipinski definition) is 2. The minimum absolute atomic E-state index is 0.322. The van der Waals surface area contributed by atoms with Crippen molar-refractivity contribution in [1.29, 1.82) is 0 Å². The van der Waals surface area contributed by atoms with E-state index in [1.165, 1.54) is 0 Å². The van der Waals surface area contributed by atoms with Crippen LogP contribution in [0.5, 0.6) is 0 Å². The molecule has 132 valence electrons. The smallest absolute Gasteiger partial charge is 0.239 e. The summed E-state index contributed by atoms with van der Waals surface area (Å²) >= 11 is 0. The molecular formula is C21H26N2O2. The Bertz CT molecular complexity index is 774. The lowest BCUT2D eigenvalue weighted by molar-refractivity contribution is -0.135. The van der Waals surface area contributed by atoms with Gasteiger partial charge in [0.15, 0.2) is 0 Å². The van der Waals surface area contributed by atoms with Crippen molar-refractivity contribution in [1.82, 2.24) is 0 Å². The number of nitrogens with one attached hydrogen (secondary N) is 2. The number of carbonyl (C=O) groups excluding carboxylic acids is 2. The third-order valence-electron chi connectivity index (χ3n) is 4.50. The summed E-state index contributed by atoms with van der Waals surface area (Å²) < 4.78 is 0. The number of anilines is 2. The van der Waals surface area contributed by atoms with Crippen LogP contribution < -0.4 is 10.6 Å². The Kier molecular flexibility index (Phi) is 5.62. The van der Waals surface area contributed by atoms with Crippen LogP contribution in [0, 0.1) is 19.3 Å². The maximum atomic E-state index is 12.8. The Balaban J connectivity index is 2.19. The molecule has 0 radical (unpaired) electrons. The van der Waals surface area contributed by atoms with Crippen molar-refractivity contribution in [2.45, 2.75) is 41.0 Å². The summed E-state index contributed by atoms with van der Waals surface area (Å²) in [5.74, 6) is -0.645. The number of amides is 2. The van der Waals surface area contributed by atoms with E-state index in [0.29, 0.717) is 0 Å². The number of aryl methyl sites for hydroxylation is 3. The predicted octanol–water partition coefficient (Wildman–Crippen LogP) is 4.47. The standard InChI is InChI=1S/C21H26N2O2/c1-6-16-12-7-8-13-17(16)22-19(24)21(4,5)20(25)23-18-14(2)10-9-11-15(18)3/h7-13H,6H2,1-5H3,(H,22,24)(H,23,25). The quantitative estimate of drug-likeness (QED) is 0.790. The second-order valence-corrected chi connectivity index (χ2v) is 6.81. The van der Waals surface area contributed by atoms with Gasteiger partial charge in [0, 0.05) is 11.4 Å². The first-order chi connectivity index (χ1) is 11.8. The number of hydrogen-bond donors (Lipinski definition) is 2. The van der Waals surface area contributed by atoms with Gasteiger partial charge in [-0.15, -0.1) is 0 Å². The van der Waals surface area contributed by atoms with E-state index in [4.69, 9.17) is 0 Å². The highest BCUT2D eigenvalue weighted by Gasteiger charge is 2.36. The van der Waals surface area contributed by atoms with Gasteiger partial charge >= 0.3 is 0 Å². The van der Waals surface area contributed by atoms with Crippen LogP contribution in [-0.4, -0.2) is 11.8 Å². The summed E-state index contributed by atoms with van der Waals surface area (Å²) in [6.45, 7) is 9.18. The first-order valence-corrected chi connectivity index (χ1v) is 8.54. The Morgan fingerprint density at radius 2 is 1.44 bits per heavy atom. The molecule has 0 aliphatic carbocycles. The van der Waals surface area contributed by atoms with Crippen LogP contribution in [0.15, 0.2) is 42.5 Å². The lowest BCUT2D eigenvalue weighted by Gasteiger charge is -2.24. The Hall–Kier alpha value is -2.62. The van der Waals surface area contributed by atoms with Gasteiger partial charge in [-0.25, -0.2) is 0 Å². The van der Waals surface area contributed by atoms with Crippen LogP contribution in [0.2, 0.25) is 0 Å². The molecule has 4 heteroatoms. The topological polar surface area (TPSA) is 58.2 Å². The second kappa shape index (κ2) is 7.51. The van der Waals surface area contributed by atoms with Gasteiger partial charge in [-0.2, -0.15) is 0 Å². The molecule has 2 aromatic rings. The summed E-state index contributed by atoms with van der Waals surface area (Å²) in [5.41, 5.74) is 3.31. The monoisotopic (exact) mass is 338 g/mol. The van der Waals surface area contributed by atoms with Gasteiger partial charge in [0.25, 0.3) is 0 Å². The molecule has 2 aromatic carbocycles. The van der Waals surface area contributed by atoms with Gasteiger partial charge in [-0.1, -0.05) is 43.3 Å². The second-order valence-electron chi connectivity index (χ2n) is 6.81. The van der Waals surface area contributed by atoms with E-state index in [9.17, 15) is 9.59 Å². The van der Waals surface area contributed by atoms with E-state index in [-0.39, 0.29) is 11.8 Å². The molecule has 0 aliphatic rings. The maximum absolute atomic E-state index is 12.8. The molecule has 25 heavy (non-hydrogen) atoms. The van der Waals surface area contributed by atoms with Crippen LogP contribution in [0.25, 0.3) is 0 Å². The van der Waals surface area contributed by atoms with Gasteiger partial charge in [0.2, 0.25) is 11.8 Å². The van der Waals surface area contributed by atoms with E-state index >= 15 is 0 Å². The van der Waals surface area contributed by atoms with Gasteiger partial charge < -0.3 is 10.6 Å². The van der Waals surface area contributed by atoms with Crippen molar-refractivity contribution >= 4 is 23.2 Å². The van der Waals surface area contributed by atoms with E-state index in [0.717, 1.165) is 34.5 Å². The summed E-state index contributed by atoms with van der Waals surface area (Å²) in [6.07, 6.45) is 0.811. The molecule has 0 fully saturated rings. The zero-order valence-corrected chi connectivity index (χ0v) is 15.6. The lowest BCUT2D eigenvalue weighted by Crippen LogP contribution is -2.42. The third kappa shape index (κ3) is 4.08. The van der Waals surface area contributed by atoms with Crippen LogP contribution in [-0.2, 0) is 16.0 Å². The van der Waals surface area contributed by atoms with E-state index in [1.807, 2.05) is 63.2 Å². The highest BCUT2D eigenvalue weighted by atomic mass is 16.2. The number of carbonyl (C=O) groups is 2. The van der Waals surface area contributed by atoms with Crippen molar-refractivity contribution in [2.75, 3.05) is 10.6 Å².